The molecule has 4 nitrogen and oxygen atoms in total. The van der Waals surface area contributed by atoms with Crippen LogP contribution in [-0.2, 0) is 10.2 Å². The van der Waals surface area contributed by atoms with E-state index >= 15 is 0 Å². The molecule has 1 N–H and O–H groups in total. The van der Waals surface area contributed by atoms with Gasteiger partial charge in [0.2, 0.25) is 0 Å². The molecule has 1 heterocycles. The maximum Gasteiger partial charge on any atom is 0.417 e. The van der Waals surface area contributed by atoms with Crippen LogP contribution >= 0.6 is 0 Å². The zero-order valence-corrected chi connectivity index (χ0v) is 10.4. The number of hydrogen-bond donors (Lipinski definition) is 1. The topological polar surface area (TPSA) is 63.1 Å². The Bertz CT molecular complexity index is 674. The van der Waals surface area contributed by atoms with E-state index in [-0.39, 0.29) is 17.1 Å². The molecule has 0 unspecified atom stereocenters. The molecular formula is C14H15NO3. The summed E-state index contributed by atoms with van der Waals surface area (Å²) in [5.74, 6) is -0.138. The molecule has 1 aliphatic rings. The fraction of sp³-hybridized carbons (Fsp3) is 0.429. The van der Waals surface area contributed by atoms with E-state index in [4.69, 9.17) is 4.42 Å². The highest BCUT2D eigenvalue weighted by atomic mass is 16.4. The van der Waals surface area contributed by atoms with E-state index in [9.17, 15) is 9.59 Å². The summed E-state index contributed by atoms with van der Waals surface area (Å²) in [5, 5.41) is 0. The van der Waals surface area contributed by atoms with Crippen molar-refractivity contribution in [2.24, 2.45) is 5.92 Å². The molecule has 0 aliphatic heterocycles. The standard InChI is InChI=1S/C14H15NO3/c1-8(2)12(16)14(5-6-14)9-3-4-11-10(7-9)15-13(17)18-11/h3-4,7-8H,5-6H2,1-2H3,(H,15,17). The molecule has 0 amide bonds. The van der Waals surface area contributed by atoms with E-state index in [1.54, 1.807) is 6.07 Å². The summed E-state index contributed by atoms with van der Waals surface area (Å²) in [4.78, 5) is 26.0. The lowest BCUT2D eigenvalue weighted by Crippen LogP contribution is -2.25. The highest BCUT2D eigenvalue weighted by molar-refractivity contribution is 5.95. The first kappa shape index (κ1) is 11.3. The first-order valence-electron chi connectivity index (χ1n) is 6.21. The summed E-state index contributed by atoms with van der Waals surface area (Å²) < 4.78 is 4.97. The number of fused-ring (bicyclic) bond motifs is 1. The van der Waals surface area contributed by atoms with Crippen LogP contribution in [0.15, 0.2) is 27.4 Å². The monoisotopic (exact) mass is 245 g/mol. The van der Waals surface area contributed by atoms with Gasteiger partial charge in [-0.2, -0.15) is 0 Å². The van der Waals surface area contributed by atoms with Crippen LogP contribution in [0.4, 0.5) is 0 Å². The predicted octanol–water partition coefficient (Wildman–Crippen LogP) is 2.38. The molecule has 1 aliphatic carbocycles. The predicted molar refractivity (Wildman–Crippen MR) is 67.6 cm³/mol. The van der Waals surface area contributed by atoms with Gasteiger partial charge in [-0.3, -0.25) is 9.78 Å². The van der Waals surface area contributed by atoms with Crippen LogP contribution in [0, 0.1) is 5.92 Å². The number of carbonyl (C=O) groups is 1. The van der Waals surface area contributed by atoms with Crippen molar-refractivity contribution >= 4 is 16.9 Å². The number of oxazole rings is 1. The van der Waals surface area contributed by atoms with E-state index in [0.717, 1.165) is 18.4 Å². The highest BCUT2D eigenvalue weighted by Crippen LogP contribution is 2.50. The number of H-pyrrole nitrogens is 1. The lowest BCUT2D eigenvalue weighted by atomic mass is 9.86. The zero-order valence-electron chi connectivity index (χ0n) is 10.4. The van der Waals surface area contributed by atoms with Crippen molar-refractivity contribution in [1.82, 2.24) is 4.98 Å². The van der Waals surface area contributed by atoms with Gasteiger partial charge in [-0.25, -0.2) is 4.79 Å². The van der Waals surface area contributed by atoms with Crippen molar-refractivity contribution in [2.75, 3.05) is 0 Å². The lowest BCUT2D eigenvalue weighted by Gasteiger charge is -2.16. The molecule has 0 saturated heterocycles. The molecule has 3 rings (SSSR count). The summed E-state index contributed by atoms with van der Waals surface area (Å²) in [5.41, 5.74) is 1.87. The average Bonchev–Trinajstić information content (AvgIpc) is 3.04. The molecule has 1 aromatic heterocycles. The summed E-state index contributed by atoms with van der Waals surface area (Å²) >= 11 is 0. The Morgan fingerprint density at radius 3 is 2.72 bits per heavy atom. The number of benzene rings is 1. The second-order valence-corrected chi connectivity index (χ2v) is 5.33. The first-order chi connectivity index (χ1) is 8.53. The van der Waals surface area contributed by atoms with Gasteiger partial charge < -0.3 is 4.42 Å². The second-order valence-electron chi connectivity index (χ2n) is 5.33. The average molecular weight is 245 g/mol. The Balaban J connectivity index is 2.09. The van der Waals surface area contributed by atoms with E-state index in [1.807, 2.05) is 26.0 Å². The fourth-order valence-corrected chi connectivity index (χ4v) is 2.60. The largest absolute Gasteiger partial charge is 0.417 e. The Kier molecular flexibility index (Phi) is 2.24. The van der Waals surface area contributed by atoms with Gasteiger partial charge in [0.15, 0.2) is 5.58 Å². The number of aromatic amines is 1. The molecule has 2 aromatic rings. The SMILES string of the molecule is CC(C)C(=O)C1(c2ccc3oc(=O)[nH]c3c2)CC1. The molecule has 0 atom stereocenters. The van der Waals surface area contributed by atoms with Crippen molar-refractivity contribution in [1.29, 1.82) is 0 Å². The molecule has 4 heteroatoms. The van der Waals surface area contributed by atoms with Crippen molar-refractivity contribution in [2.45, 2.75) is 32.1 Å². The van der Waals surface area contributed by atoms with Gasteiger partial charge in [-0.1, -0.05) is 19.9 Å². The lowest BCUT2D eigenvalue weighted by molar-refractivity contribution is -0.124. The van der Waals surface area contributed by atoms with Gasteiger partial charge in [0.25, 0.3) is 0 Å². The third kappa shape index (κ3) is 1.52. The van der Waals surface area contributed by atoms with E-state index < -0.39 is 5.76 Å². The normalized spacial score (nSPS) is 17.3. The zero-order chi connectivity index (χ0) is 12.9. The Labute approximate surface area is 104 Å². The third-order valence-electron chi connectivity index (χ3n) is 3.72. The van der Waals surface area contributed by atoms with Gasteiger partial charge >= 0.3 is 5.76 Å². The molecule has 0 bridgehead atoms. The number of hydrogen-bond acceptors (Lipinski definition) is 3. The minimum atomic E-state index is -0.456. The summed E-state index contributed by atoms with van der Waals surface area (Å²) in [6.07, 6.45) is 1.80. The smallest absolute Gasteiger partial charge is 0.408 e. The Morgan fingerprint density at radius 1 is 1.39 bits per heavy atom. The van der Waals surface area contributed by atoms with Crippen molar-refractivity contribution < 1.29 is 9.21 Å². The van der Waals surface area contributed by atoms with Gasteiger partial charge in [0.1, 0.15) is 5.78 Å². The van der Waals surface area contributed by atoms with Crippen LogP contribution in [0.3, 0.4) is 0 Å². The number of ketones is 1. The number of Topliss-reactive ketones (excluding diaryl/α,β-unsaturated/α-hetero) is 1. The number of rotatable bonds is 3. The fourth-order valence-electron chi connectivity index (χ4n) is 2.60. The second kappa shape index (κ2) is 3.57. The number of aromatic nitrogens is 1. The summed E-state index contributed by atoms with van der Waals surface area (Å²) in [6, 6.07) is 5.52. The van der Waals surface area contributed by atoms with Crippen LogP contribution in [0.25, 0.3) is 11.1 Å². The van der Waals surface area contributed by atoms with Crippen molar-refractivity contribution in [3.05, 3.63) is 34.3 Å². The number of nitrogens with one attached hydrogen (secondary N) is 1. The molecule has 0 radical (unpaired) electrons. The van der Waals surface area contributed by atoms with E-state index in [0.29, 0.717) is 11.1 Å². The molecule has 18 heavy (non-hydrogen) atoms. The maximum absolute atomic E-state index is 12.3. The van der Waals surface area contributed by atoms with Crippen LogP contribution in [0.2, 0.25) is 0 Å². The minimum Gasteiger partial charge on any atom is -0.408 e. The van der Waals surface area contributed by atoms with Crippen molar-refractivity contribution in [3.63, 3.8) is 0 Å². The van der Waals surface area contributed by atoms with E-state index in [1.165, 1.54) is 0 Å². The quantitative estimate of drug-likeness (QED) is 0.903. The third-order valence-corrected chi connectivity index (χ3v) is 3.72. The van der Waals surface area contributed by atoms with Gasteiger partial charge in [-0.15, -0.1) is 0 Å². The molecule has 1 saturated carbocycles. The van der Waals surface area contributed by atoms with Crippen molar-refractivity contribution in [3.8, 4) is 0 Å². The summed E-state index contributed by atoms with van der Waals surface area (Å²) in [6.45, 7) is 3.86. The molecule has 94 valence electrons. The van der Waals surface area contributed by atoms with Gasteiger partial charge in [-0.05, 0) is 30.5 Å². The Morgan fingerprint density at radius 2 is 2.11 bits per heavy atom. The van der Waals surface area contributed by atoms with Gasteiger partial charge in [0, 0.05) is 5.92 Å². The highest BCUT2D eigenvalue weighted by Gasteiger charge is 2.51. The van der Waals surface area contributed by atoms with Gasteiger partial charge in [0.05, 0.1) is 10.9 Å². The molecular weight excluding hydrogens is 230 g/mol. The van der Waals surface area contributed by atoms with Crippen LogP contribution in [0.1, 0.15) is 32.3 Å². The summed E-state index contributed by atoms with van der Waals surface area (Å²) in [7, 11) is 0. The first-order valence-corrected chi connectivity index (χ1v) is 6.21. The molecule has 0 spiro atoms. The Hall–Kier alpha value is -1.84. The number of carbonyl (C=O) groups excluding carboxylic acids is 1. The molecule has 1 aromatic carbocycles. The van der Waals surface area contributed by atoms with Crippen LogP contribution < -0.4 is 5.76 Å². The minimum absolute atomic E-state index is 0.0339. The molecule has 1 fully saturated rings. The van der Waals surface area contributed by atoms with Crippen LogP contribution in [0.5, 0.6) is 0 Å². The van der Waals surface area contributed by atoms with E-state index in [2.05, 4.69) is 4.98 Å². The maximum atomic E-state index is 12.3. The van der Waals surface area contributed by atoms with Crippen LogP contribution in [-0.4, -0.2) is 10.8 Å².